The lowest BCUT2D eigenvalue weighted by Gasteiger charge is -2.19. The zero-order valence-corrected chi connectivity index (χ0v) is 61.1. The SMILES string of the molecule is CC/C=C\C/C=C\C/C=C\C/C=C\C/C=C\C/C=C\CCCCCCCCCCCCCCCCCCCCCCCCC(=O)OC(COC(=O)CCCCCCCCCCCCCCCCC/C=C\C/C=C\C/C=C\C/C=C\C/C=C\CC)COP(=O)(O)OCCN. The molecule has 0 aliphatic rings. The van der Waals surface area contributed by atoms with Crippen molar-refractivity contribution in [3.63, 3.8) is 0 Å². The van der Waals surface area contributed by atoms with Crippen molar-refractivity contribution in [2.75, 3.05) is 26.4 Å². The van der Waals surface area contributed by atoms with Gasteiger partial charge in [0.15, 0.2) is 6.10 Å². The highest BCUT2D eigenvalue weighted by molar-refractivity contribution is 7.47. The number of hydrogen-bond donors (Lipinski definition) is 2. The fourth-order valence-electron chi connectivity index (χ4n) is 10.9. The van der Waals surface area contributed by atoms with Crippen LogP contribution in [0.1, 0.15) is 348 Å². The molecule has 2 atom stereocenters. The van der Waals surface area contributed by atoms with Crippen LogP contribution in [0.15, 0.2) is 134 Å². The van der Waals surface area contributed by atoms with Gasteiger partial charge in [0.2, 0.25) is 0 Å². The first-order valence-corrected chi connectivity index (χ1v) is 40.2. The molecule has 0 rings (SSSR count). The number of allylic oxidation sites excluding steroid dienone is 22. The van der Waals surface area contributed by atoms with E-state index in [2.05, 4.69) is 148 Å². The molecule has 10 heteroatoms. The number of esters is 2. The maximum atomic E-state index is 12.8. The predicted molar refractivity (Wildman–Crippen MR) is 404 cm³/mol. The lowest BCUT2D eigenvalue weighted by atomic mass is 10.0. The molecule has 93 heavy (non-hydrogen) atoms. The Balaban J connectivity index is 3.81. The van der Waals surface area contributed by atoms with Gasteiger partial charge in [-0.05, 0) is 109 Å². The highest BCUT2D eigenvalue weighted by Gasteiger charge is 2.26. The van der Waals surface area contributed by atoms with E-state index < -0.39 is 26.5 Å². The molecule has 0 saturated heterocycles. The number of rotatable bonds is 72. The molecule has 0 amide bonds. The zero-order chi connectivity index (χ0) is 67.2. The lowest BCUT2D eigenvalue weighted by Crippen LogP contribution is -2.29. The van der Waals surface area contributed by atoms with E-state index in [1.165, 1.54) is 205 Å². The first-order valence-electron chi connectivity index (χ1n) is 38.7. The number of nitrogens with two attached hydrogens (primary N) is 1. The summed E-state index contributed by atoms with van der Waals surface area (Å²) in [5, 5.41) is 0. The molecular formula is C83H144NO8P. The summed E-state index contributed by atoms with van der Waals surface area (Å²) < 4.78 is 33.3. The molecule has 2 unspecified atom stereocenters. The van der Waals surface area contributed by atoms with Crippen molar-refractivity contribution in [3.05, 3.63) is 134 Å². The van der Waals surface area contributed by atoms with Crippen molar-refractivity contribution < 1.29 is 37.6 Å². The summed E-state index contributed by atoms with van der Waals surface area (Å²) in [7, 11) is -4.40. The lowest BCUT2D eigenvalue weighted by molar-refractivity contribution is -0.161. The molecule has 0 fully saturated rings. The van der Waals surface area contributed by atoms with Gasteiger partial charge in [0, 0.05) is 19.4 Å². The van der Waals surface area contributed by atoms with Crippen LogP contribution < -0.4 is 5.73 Å². The van der Waals surface area contributed by atoms with Crippen LogP contribution in [-0.2, 0) is 32.7 Å². The number of phosphoric ester groups is 1. The zero-order valence-electron chi connectivity index (χ0n) is 60.2. The number of hydrogen-bond acceptors (Lipinski definition) is 8. The van der Waals surface area contributed by atoms with E-state index in [0.29, 0.717) is 6.42 Å². The second-order valence-electron chi connectivity index (χ2n) is 25.5. The van der Waals surface area contributed by atoms with E-state index in [1.54, 1.807) is 0 Å². The van der Waals surface area contributed by atoms with Gasteiger partial charge in [-0.25, -0.2) is 4.57 Å². The predicted octanol–water partition coefficient (Wildman–Crippen LogP) is 26.0. The molecule has 0 radical (unpaired) electrons. The molecule has 0 bridgehead atoms. The second kappa shape index (κ2) is 77.2. The molecule has 0 aromatic heterocycles. The highest BCUT2D eigenvalue weighted by atomic mass is 31.2. The van der Waals surface area contributed by atoms with Gasteiger partial charge in [-0.2, -0.15) is 0 Å². The maximum absolute atomic E-state index is 12.8. The summed E-state index contributed by atoms with van der Waals surface area (Å²) in [6.07, 6.45) is 110. The number of carbonyl (C=O) groups is 2. The molecule has 0 aliphatic heterocycles. The molecule has 0 saturated carbocycles. The van der Waals surface area contributed by atoms with Crippen LogP contribution in [0.4, 0.5) is 0 Å². The van der Waals surface area contributed by atoms with Crippen molar-refractivity contribution in [3.8, 4) is 0 Å². The maximum Gasteiger partial charge on any atom is 0.472 e. The molecule has 0 spiro atoms. The third-order valence-corrected chi connectivity index (χ3v) is 17.5. The van der Waals surface area contributed by atoms with Gasteiger partial charge >= 0.3 is 19.8 Å². The van der Waals surface area contributed by atoms with Crippen LogP contribution in [0, 0.1) is 0 Å². The van der Waals surface area contributed by atoms with Gasteiger partial charge in [0.25, 0.3) is 0 Å². The molecule has 3 N–H and O–H groups in total. The largest absolute Gasteiger partial charge is 0.472 e. The van der Waals surface area contributed by atoms with Gasteiger partial charge in [-0.15, -0.1) is 0 Å². The van der Waals surface area contributed by atoms with E-state index in [0.717, 1.165) is 109 Å². The van der Waals surface area contributed by atoms with E-state index >= 15 is 0 Å². The first kappa shape index (κ1) is 89.2. The Bertz CT molecular complexity index is 1990. The Labute approximate surface area is 574 Å². The Hall–Kier alpha value is -3.85. The Morgan fingerprint density at radius 3 is 0.828 bits per heavy atom. The van der Waals surface area contributed by atoms with E-state index in [-0.39, 0.29) is 38.6 Å². The summed E-state index contributed by atoms with van der Waals surface area (Å²) >= 11 is 0. The fourth-order valence-corrected chi connectivity index (χ4v) is 11.7. The van der Waals surface area contributed by atoms with Gasteiger partial charge in [-0.1, -0.05) is 359 Å². The minimum atomic E-state index is -4.40. The third kappa shape index (κ3) is 77.0. The van der Waals surface area contributed by atoms with Crippen molar-refractivity contribution in [1.82, 2.24) is 0 Å². The number of ether oxygens (including phenoxy) is 2. The van der Waals surface area contributed by atoms with Crippen molar-refractivity contribution in [1.29, 1.82) is 0 Å². The fraction of sp³-hybridized carbons (Fsp3) is 0.711. The van der Waals surface area contributed by atoms with Gasteiger partial charge in [-0.3, -0.25) is 18.6 Å². The molecule has 0 aromatic rings. The van der Waals surface area contributed by atoms with E-state index in [4.69, 9.17) is 24.3 Å². The standard InChI is InChI=1S/C83H144NO8P/c1-3-5-7-9-11-13-15-17-19-21-23-25-27-29-31-33-35-36-37-38-39-40-41-42-43-44-46-48-50-52-54-56-58-60-62-64-66-68-70-72-74-76-83(86)92-81(80-91-93(87,88)90-78-77-84)79-89-82(85)75-73-71-69-67-65-63-61-59-57-55-53-51-49-47-45-34-32-30-28-26-24-22-20-18-16-14-12-10-8-6-4-2/h5-8,11-14,17-20,23-26,29-32,35-36,81H,3-4,9-10,15-16,21-22,27-28,33-34,37-80,84H2,1-2H3,(H,87,88)/b7-5-,8-6-,13-11-,14-12-,19-17-,20-18-,25-23-,26-24-,31-29-,32-30-,36-35-. The smallest absolute Gasteiger partial charge is 0.462 e. The van der Waals surface area contributed by atoms with Crippen molar-refractivity contribution in [2.24, 2.45) is 5.73 Å². The summed E-state index contributed by atoms with van der Waals surface area (Å²) in [5.41, 5.74) is 5.41. The number of unbranched alkanes of at least 4 members (excludes halogenated alkanes) is 37. The van der Waals surface area contributed by atoms with Crippen LogP contribution in [0.25, 0.3) is 0 Å². The third-order valence-electron chi connectivity index (χ3n) is 16.5. The average Bonchev–Trinajstić information content (AvgIpc) is 3.49. The topological polar surface area (TPSA) is 134 Å². The summed E-state index contributed by atoms with van der Waals surface area (Å²) in [6.45, 7) is 3.55. The summed E-state index contributed by atoms with van der Waals surface area (Å²) in [4.78, 5) is 35.4. The summed E-state index contributed by atoms with van der Waals surface area (Å²) in [6, 6.07) is 0. The highest BCUT2D eigenvalue weighted by Crippen LogP contribution is 2.43. The molecule has 9 nitrogen and oxygen atoms in total. The summed E-state index contributed by atoms with van der Waals surface area (Å²) in [5.74, 6) is -0.817. The van der Waals surface area contributed by atoms with Crippen LogP contribution >= 0.6 is 7.82 Å². The Kier molecular flexibility index (Phi) is 74.0. The second-order valence-corrected chi connectivity index (χ2v) is 26.9. The van der Waals surface area contributed by atoms with Crippen molar-refractivity contribution >= 4 is 19.8 Å². The minimum absolute atomic E-state index is 0.0510. The number of carbonyl (C=O) groups excluding carboxylic acids is 2. The minimum Gasteiger partial charge on any atom is -0.462 e. The van der Waals surface area contributed by atoms with E-state index in [9.17, 15) is 19.0 Å². The molecule has 0 heterocycles. The van der Waals surface area contributed by atoms with Crippen LogP contribution in [0.2, 0.25) is 0 Å². The van der Waals surface area contributed by atoms with Gasteiger partial charge < -0.3 is 20.1 Å². The van der Waals surface area contributed by atoms with Crippen molar-refractivity contribution in [2.45, 2.75) is 354 Å². The van der Waals surface area contributed by atoms with Gasteiger partial charge in [0.1, 0.15) is 6.61 Å². The molecular weight excluding hydrogens is 1170 g/mol. The Morgan fingerprint density at radius 2 is 0.559 bits per heavy atom. The van der Waals surface area contributed by atoms with Crippen LogP contribution in [0.5, 0.6) is 0 Å². The quantitative estimate of drug-likeness (QED) is 0.0264. The normalized spacial score (nSPS) is 13.6. The van der Waals surface area contributed by atoms with Crippen LogP contribution in [0.3, 0.4) is 0 Å². The van der Waals surface area contributed by atoms with Crippen LogP contribution in [-0.4, -0.2) is 49.3 Å². The average molecular weight is 1320 g/mol. The molecule has 0 aliphatic carbocycles. The van der Waals surface area contributed by atoms with Gasteiger partial charge in [0.05, 0.1) is 13.2 Å². The monoisotopic (exact) mass is 1310 g/mol. The number of phosphoric acid groups is 1. The van der Waals surface area contributed by atoms with E-state index in [1.807, 2.05) is 0 Å². The first-order chi connectivity index (χ1) is 45.8. The molecule has 0 aromatic carbocycles. The Morgan fingerprint density at radius 1 is 0.323 bits per heavy atom. The molecule has 534 valence electrons.